The zero-order valence-electron chi connectivity index (χ0n) is 8.99. The minimum absolute atomic E-state index is 0.209. The number of ether oxygens (including phenoxy) is 1. The van der Waals surface area contributed by atoms with Gasteiger partial charge in [0.1, 0.15) is 0 Å². The smallest absolute Gasteiger partial charge is 0.303 e. The number of carbonyl (C=O) groups is 1. The van der Waals surface area contributed by atoms with Crippen LogP contribution in [0.5, 0.6) is 0 Å². The van der Waals surface area contributed by atoms with Gasteiger partial charge in [0.05, 0.1) is 6.61 Å². The third-order valence-electron chi connectivity index (χ3n) is 2.09. The van der Waals surface area contributed by atoms with Crippen LogP contribution in [0, 0.1) is 0 Å². The highest BCUT2D eigenvalue weighted by molar-refractivity contribution is 6.30. The SMILES string of the molecule is O=C(O)CCCCOCc1cccc(Cl)c1. The van der Waals surface area contributed by atoms with E-state index in [0.29, 0.717) is 24.7 Å². The standard InChI is InChI=1S/C12H15ClO3/c13-11-5-3-4-10(8-11)9-16-7-2-1-6-12(14)15/h3-5,8H,1-2,6-7,9H2,(H,14,15). The molecule has 0 unspecified atom stereocenters. The second kappa shape index (κ2) is 7.25. The minimum atomic E-state index is -0.755. The molecule has 1 aromatic carbocycles. The van der Waals surface area contributed by atoms with Crippen molar-refractivity contribution in [1.82, 2.24) is 0 Å². The summed E-state index contributed by atoms with van der Waals surface area (Å²) >= 11 is 5.82. The highest BCUT2D eigenvalue weighted by Crippen LogP contribution is 2.11. The van der Waals surface area contributed by atoms with Gasteiger partial charge < -0.3 is 9.84 Å². The first-order chi connectivity index (χ1) is 7.68. The van der Waals surface area contributed by atoms with Gasteiger partial charge in [-0.05, 0) is 30.5 Å². The van der Waals surface area contributed by atoms with Crippen LogP contribution in [0.1, 0.15) is 24.8 Å². The van der Waals surface area contributed by atoms with Crippen LogP contribution >= 0.6 is 11.6 Å². The number of hydrogen-bond acceptors (Lipinski definition) is 2. The van der Waals surface area contributed by atoms with Crippen LogP contribution in [-0.4, -0.2) is 17.7 Å². The van der Waals surface area contributed by atoms with Crippen molar-refractivity contribution in [2.45, 2.75) is 25.9 Å². The number of benzene rings is 1. The lowest BCUT2D eigenvalue weighted by atomic mass is 10.2. The van der Waals surface area contributed by atoms with Gasteiger partial charge in [0.15, 0.2) is 0 Å². The Morgan fingerprint density at radius 1 is 1.38 bits per heavy atom. The molecule has 0 amide bonds. The Morgan fingerprint density at radius 2 is 2.19 bits per heavy atom. The first-order valence-electron chi connectivity index (χ1n) is 5.22. The highest BCUT2D eigenvalue weighted by Gasteiger charge is 1.97. The molecule has 1 N–H and O–H groups in total. The fourth-order valence-corrected chi connectivity index (χ4v) is 1.51. The predicted molar refractivity (Wildman–Crippen MR) is 62.6 cm³/mol. The fraction of sp³-hybridized carbons (Fsp3) is 0.417. The Hall–Kier alpha value is -1.06. The van der Waals surface area contributed by atoms with E-state index >= 15 is 0 Å². The van der Waals surface area contributed by atoms with Crippen LogP contribution in [-0.2, 0) is 16.1 Å². The molecular weight excluding hydrogens is 228 g/mol. The molecule has 0 aromatic heterocycles. The lowest BCUT2D eigenvalue weighted by Crippen LogP contribution is -1.98. The maximum atomic E-state index is 10.2. The van der Waals surface area contributed by atoms with E-state index in [2.05, 4.69) is 0 Å². The number of unbranched alkanes of at least 4 members (excludes halogenated alkanes) is 1. The van der Waals surface area contributed by atoms with Gasteiger partial charge in [-0.15, -0.1) is 0 Å². The van der Waals surface area contributed by atoms with E-state index in [1.807, 2.05) is 24.3 Å². The number of aliphatic carboxylic acids is 1. The number of carboxylic acids is 1. The first kappa shape index (κ1) is 13.0. The molecule has 88 valence electrons. The summed E-state index contributed by atoms with van der Waals surface area (Å²) in [6.07, 6.45) is 1.64. The van der Waals surface area contributed by atoms with Crippen LogP contribution in [0.25, 0.3) is 0 Å². The summed E-state index contributed by atoms with van der Waals surface area (Å²) in [7, 11) is 0. The molecule has 1 aromatic rings. The van der Waals surface area contributed by atoms with Crippen molar-refractivity contribution in [1.29, 1.82) is 0 Å². The molecule has 0 aliphatic rings. The van der Waals surface area contributed by atoms with E-state index in [4.69, 9.17) is 21.4 Å². The van der Waals surface area contributed by atoms with Crippen molar-refractivity contribution in [3.63, 3.8) is 0 Å². The normalized spacial score (nSPS) is 10.3. The van der Waals surface area contributed by atoms with Crippen molar-refractivity contribution in [3.05, 3.63) is 34.9 Å². The summed E-state index contributed by atoms with van der Waals surface area (Å²) in [6, 6.07) is 7.51. The number of carboxylic acid groups (broad SMARTS) is 1. The molecule has 16 heavy (non-hydrogen) atoms. The lowest BCUT2D eigenvalue weighted by Gasteiger charge is -2.04. The van der Waals surface area contributed by atoms with E-state index in [-0.39, 0.29) is 6.42 Å². The molecule has 0 aliphatic carbocycles. The summed E-state index contributed by atoms with van der Waals surface area (Å²) in [5.74, 6) is -0.755. The molecule has 0 spiro atoms. The van der Waals surface area contributed by atoms with Gasteiger partial charge in [0, 0.05) is 18.1 Å². The molecule has 0 aliphatic heterocycles. The van der Waals surface area contributed by atoms with E-state index in [1.54, 1.807) is 0 Å². The molecule has 0 saturated heterocycles. The molecule has 0 atom stereocenters. The topological polar surface area (TPSA) is 46.5 Å². The molecule has 0 heterocycles. The van der Waals surface area contributed by atoms with Crippen LogP contribution in [0.3, 0.4) is 0 Å². The monoisotopic (exact) mass is 242 g/mol. The van der Waals surface area contributed by atoms with E-state index in [9.17, 15) is 4.79 Å². The Morgan fingerprint density at radius 3 is 2.88 bits per heavy atom. The number of hydrogen-bond donors (Lipinski definition) is 1. The molecular formula is C12H15ClO3. The summed E-state index contributed by atoms with van der Waals surface area (Å²) < 4.78 is 5.40. The summed E-state index contributed by atoms with van der Waals surface area (Å²) in [5.41, 5.74) is 1.03. The van der Waals surface area contributed by atoms with Gasteiger partial charge >= 0.3 is 5.97 Å². The molecule has 4 heteroatoms. The number of rotatable bonds is 7. The lowest BCUT2D eigenvalue weighted by molar-refractivity contribution is -0.137. The van der Waals surface area contributed by atoms with Gasteiger partial charge in [0.25, 0.3) is 0 Å². The van der Waals surface area contributed by atoms with Gasteiger partial charge in [0.2, 0.25) is 0 Å². The molecule has 1 rings (SSSR count). The molecule has 3 nitrogen and oxygen atoms in total. The highest BCUT2D eigenvalue weighted by atomic mass is 35.5. The Kier molecular flexibility index (Phi) is 5.90. The molecule has 0 bridgehead atoms. The summed E-state index contributed by atoms with van der Waals surface area (Å²) in [6.45, 7) is 1.10. The maximum Gasteiger partial charge on any atom is 0.303 e. The van der Waals surface area contributed by atoms with Gasteiger partial charge in [-0.2, -0.15) is 0 Å². The zero-order valence-corrected chi connectivity index (χ0v) is 9.74. The number of halogens is 1. The third-order valence-corrected chi connectivity index (χ3v) is 2.32. The van der Waals surface area contributed by atoms with E-state index < -0.39 is 5.97 Å². The third kappa shape index (κ3) is 5.73. The fourth-order valence-electron chi connectivity index (χ4n) is 1.30. The molecule has 0 radical (unpaired) electrons. The van der Waals surface area contributed by atoms with Crippen molar-refractivity contribution in [2.75, 3.05) is 6.61 Å². The first-order valence-corrected chi connectivity index (χ1v) is 5.60. The Balaban J connectivity index is 2.09. The van der Waals surface area contributed by atoms with Crippen LogP contribution in [0.15, 0.2) is 24.3 Å². The minimum Gasteiger partial charge on any atom is -0.481 e. The van der Waals surface area contributed by atoms with Gasteiger partial charge in [-0.3, -0.25) is 4.79 Å². The zero-order chi connectivity index (χ0) is 11.8. The summed E-state index contributed by atoms with van der Waals surface area (Å²) in [5, 5.41) is 9.12. The predicted octanol–water partition coefficient (Wildman–Crippen LogP) is 3.11. The van der Waals surface area contributed by atoms with Crippen molar-refractivity contribution in [3.8, 4) is 0 Å². The largest absolute Gasteiger partial charge is 0.481 e. The van der Waals surface area contributed by atoms with Crippen LogP contribution in [0.4, 0.5) is 0 Å². The average molecular weight is 243 g/mol. The molecule has 0 fully saturated rings. The Bertz CT molecular complexity index is 339. The van der Waals surface area contributed by atoms with Crippen LogP contribution in [0.2, 0.25) is 5.02 Å². The summed E-state index contributed by atoms with van der Waals surface area (Å²) in [4.78, 5) is 10.2. The quantitative estimate of drug-likeness (QED) is 0.748. The average Bonchev–Trinajstić information content (AvgIpc) is 2.23. The maximum absolute atomic E-state index is 10.2. The van der Waals surface area contributed by atoms with Gasteiger partial charge in [-0.25, -0.2) is 0 Å². The van der Waals surface area contributed by atoms with E-state index in [1.165, 1.54) is 0 Å². The second-order valence-corrected chi connectivity index (χ2v) is 3.97. The van der Waals surface area contributed by atoms with Crippen molar-refractivity contribution in [2.24, 2.45) is 0 Å². The van der Waals surface area contributed by atoms with Crippen molar-refractivity contribution < 1.29 is 14.6 Å². The van der Waals surface area contributed by atoms with Crippen molar-refractivity contribution >= 4 is 17.6 Å². The van der Waals surface area contributed by atoms with Gasteiger partial charge in [-0.1, -0.05) is 23.7 Å². The van der Waals surface area contributed by atoms with E-state index in [0.717, 1.165) is 12.0 Å². The second-order valence-electron chi connectivity index (χ2n) is 3.53. The molecule has 0 saturated carbocycles. The van der Waals surface area contributed by atoms with Crippen LogP contribution < -0.4 is 0 Å². The Labute approximate surface area is 100.0 Å².